The van der Waals surface area contributed by atoms with Crippen molar-refractivity contribution in [1.82, 2.24) is 4.90 Å². The summed E-state index contributed by atoms with van der Waals surface area (Å²) in [4.78, 5) is 21.0. The minimum Gasteiger partial charge on any atom is -0.355 e. The summed E-state index contributed by atoms with van der Waals surface area (Å²) in [5.41, 5.74) is 8.18. The Balaban J connectivity index is 1.36. The monoisotopic (exact) mass is 565 g/mol. The van der Waals surface area contributed by atoms with Crippen molar-refractivity contribution in [2.45, 2.75) is 66.2 Å². The van der Waals surface area contributed by atoms with Crippen molar-refractivity contribution in [3.05, 3.63) is 95.3 Å². The van der Waals surface area contributed by atoms with Gasteiger partial charge in [-0.05, 0) is 111 Å². The zero-order chi connectivity index (χ0) is 29.6. The van der Waals surface area contributed by atoms with Crippen LogP contribution in [0.15, 0.2) is 77.8 Å². The van der Waals surface area contributed by atoms with Gasteiger partial charge in [0.25, 0.3) is 5.91 Å². The van der Waals surface area contributed by atoms with Crippen molar-refractivity contribution in [3.63, 3.8) is 0 Å². The predicted octanol–water partition coefficient (Wildman–Crippen LogP) is 9.75. The van der Waals surface area contributed by atoms with Gasteiger partial charge in [0.2, 0.25) is 0 Å². The standard InChI is InChI=1S/C37H44FN3O/c1-5-10-32(27-15-16-27)33-23-29(17-18-35(33)39-31-13-9-12-30(38)24-31)37(42)41-21-19-28(20-22-41)36(25(3)6-2)40-34-14-8-7-11-26(34)4/h7-14,17-18,23-25,27-28,39H,5-6,15-16,19-22H2,1-4H3/b32-10+,40-36?. The third-order valence-electron chi connectivity index (χ3n) is 8.81. The Morgan fingerprint density at radius 3 is 2.43 bits per heavy atom. The maximum atomic E-state index is 13.9. The maximum Gasteiger partial charge on any atom is 0.253 e. The Hall–Kier alpha value is -3.73. The summed E-state index contributed by atoms with van der Waals surface area (Å²) >= 11 is 0. The molecule has 0 spiro atoms. The van der Waals surface area contributed by atoms with Crippen LogP contribution in [0.3, 0.4) is 0 Å². The fraction of sp³-hybridized carbons (Fsp3) is 0.405. The highest BCUT2D eigenvalue weighted by atomic mass is 19.1. The fourth-order valence-electron chi connectivity index (χ4n) is 6.06. The van der Waals surface area contributed by atoms with Gasteiger partial charge in [0.1, 0.15) is 5.82 Å². The van der Waals surface area contributed by atoms with Gasteiger partial charge in [-0.1, -0.05) is 51.1 Å². The van der Waals surface area contributed by atoms with Gasteiger partial charge in [-0.15, -0.1) is 0 Å². The molecule has 1 aliphatic carbocycles. The second kappa shape index (κ2) is 13.5. The molecule has 1 aliphatic heterocycles. The van der Waals surface area contributed by atoms with E-state index in [2.05, 4.69) is 69.4 Å². The molecule has 1 saturated carbocycles. The van der Waals surface area contributed by atoms with E-state index in [-0.39, 0.29) is 11.7 Å². The molecule has 1 unspecified atom stereocenters. The van der Waals surface area contributed by atoms with Crippen molar-refractivity contribution in [1.29, 1.82) is 0 Å². The number of nitrogens with zero attached hydrogens (tertiary/aromatic N) is 2. The van der Waals surface area contributed by atoms with E-state index in [1.165, 1.54) is 41.8 Å². The van der Waals surface area contributed by atoms with Crippen molar-refractivity contribution in [2.75, 3.05) is 18.4 Å². The quantitative estimate of drug-likeness (QED) is 0.249. The summed E-state index contributed by atoms with van der Waals surface area (Å²) in [6.45, 7) is 10.2. The molecule has 0 bridgehead atoms. The van der Waals surface area contributed by atoms with E-state index in [4.69, 9.17) is 4.99 Å². The molecule has 3 aromatic carbocycles. The number of allylic oxidation sites excluding steroid dienone is 2. The Morgan fingerprint density at radius 2 is 1.76 bits per heavy atom. The number of para-hydroxylation sites is 1. The largest absolute Gasteiger partial charge is 0.355 e. The highest BCUT2D eigenvalue weighted by Gasteiger charge is 2.31. The summed E-state index contributed by atoms with van der Waals surface area (Å²) in [7, 11) is 0. The zero-order valence-electron chi connectivity index (χ0n) is 25.5. The van der Waals surface area contributed by atoms with Crippen molar-refractivity contribution in [2.24, 2.45) is 22.7 Å². The number of nitrogens with one attached hydrogen (secondary N) is 1. The van der Waals surface area contributed by atoms with Crippen LogP contribution >= 0.6 is 0 Å². The lowest BCUT2D eigenvalue weighted by atomic mass is 9.84. The van der Waals surface area contributed by atoms with Gasteiger partial charge < -0.3 is 10.2 Å². The van der Waals surface area contributed by atoms with Gasteiger partial charge in [0.15, 0.2) is 0 Å². The number of hydrogen-bond acceptors (Lipinski definition) is 3. The van der Waals surface area contributed by atoms with Crippen LogP contribution in [0.1, 0.15) is 80.8 Å². The maximum absolute atomic E-state index is 13.9. The number of carbonyl (C=O) groups is 1. The molecular weight excluding hydrogens is 521 g/mol. The van der Waals surface area contributed by atoms with Crippen molar-refractivity contribution in [3.8, 4) is 0 Å². The summed E-state index contributed by atoms with van der Waals surface area (Å²) in [5.74, 6) is 1.11. The number of piperidine rings is 1. The zero-order valence-corrected chi connectivity index (χ0v) is 25.5. The molecule has 1 amide bonds. The smallest absolute Gasteiger partial charge is 0.253 e. The van der Waals surface area contributed by atoms with E-state index in [0.717, 1.165) is 55.7 Å². The van der Waals surface area contributed by atoms with Crippen LogP contribution in [-0.2, 0) is 0 Å². The number of hydrogen-bond donors (Lipinski definition) is 1. The lowest BCUT2D eigenvalue weighted by molar-refractivity contribution is 0.0709. The second-order valence-electron chi connectivity index (χ2n) is 11.9. The van der Waals surface area contributed by atoms with Crippen LogP contribution in [0.2, 0.25) is 0 Å². The molecular formula is C37H44FN3O. The molecule has 5 heteroatoms. The molecule has 0 aromatic heterocycles. The average molecular weight is 566 g/mol. The Bertz CT molecular complexity index is 1460. The number of rotatable bonds is 10. The minimum atomic E-state index is -0.274. The number of carbonyl (C=O) groups excluding carboxylic acids is 1. The molecule has 1 atom stereocenters. The molecule has 1 saturated heterocycles. The van der Waals surface area contributed by atoms with Gasteiger partial charge in [0.05, 0.1) is 5.69 Å². The lowest BCUT2D eigenvalue weighted by Crippen LogP contribution is -2.41. The molecule has 42 heavy (non-hydrogen) atoms. The number of benzene rings is 3. The van der Waals surface area contributed by atoms with E-state index < -0.39 is 0 Å². The summed E-state index contributed by atoms with van der Waals surface area (Å²) in [5, 5.41) is 3.42. The molecule has 2 aliphatic rings. The fourth-order valence-corrected chi connectivity index (χ4v) is 6.06. The minimum absolute atomic E-state index is 0.0829. The molecule has 220 valence electrons. The summed E-state index contributed by atoms with van der Waals surface area (Å²) in [6.07, 6.45) is 8.45. The van der Waals surface area contributed by atoms with Gasteiger partial charge in [-0.3, -0.25) is 9.79 Å². The first-order chi connectivity index (χ1) is 20.4. The molecule has 1 heterocycles. The van der Waals surface area contributed by atoms with Crippen LogP contribution in [0.5, 0.6) is 0 Å². The van der Waals surface area contributed by atoms with Crippen molar-refractivity contribution >= 4 is 34.3 Å². The van der Waals surface area contributed by atoms with Crippen LogP contribution in [-0.4, -0.2) is 29.6 Å². The van der Waals surface area contributed by atoms with E-state index in [1.807, 2.05) is 23.1 Å². The third-order valence-corrected chi connectivity index (χ3v) is 8.81. The Morgan fingerprint density at radius 1 is 1.00 bits per heavy atom. The first kappa shape index (κ1) is 29.8. The van der Waals surface area contributed by atoms with Crippen LogP contribution in [0.25, 0.3) is 5.57 Å². The molecule has 1 N–H and O–H groups in total. The highest BCUT2D eigenvalue weighted by Crippen LogP contribution is 2.45. The lowest BCUT2D eigenvalue weighted by Gasteiger charge is -2.34. The first-order valence-electron chi connectivity index (χ1n) is 15.7. The van der Waals surface area contributed by atoms with Gasteiger partial charge in [0, 0.05) is 47.2 Å². The average Bonchev–Trinajstić information content (AvgIpc) is 3.85. The van der Waals surface area contributed by atoms with Crippen LogP contribution in [0, 0.1) is 30.5 Å². The Kier molecular flexibility index (Phi) is 9.56. The topological polar surface area (TPSA) is 44.7 Å². The normalized spacial score (nSPS) is 17.3. The van der Waals surface area contributed by atoms with Gasteiger partial charge in [-0.25, -0.2) is 4.39 Å². The van der Waals surface area contributed by atoms with Crippen LogP contribution < -0.4 is 5.32 Å². The molecule has 5 rings (SSSR count). The number of amides is 1. The van der Waals surface area contributed by atoms with Gasteiger partial charge in [-0.2, -0.15) is 0 Å². The van der Waals surface area contributed by atoms with Crippen LogP contribution in [0.4, 0.5) is 21.5 Å². The molecule has 3 aromatic rings. The number of halogens is 1. The molecule has 0 radical (unpaired) electrons. The number of likely N-dealkylation sites (tertiary alicyclic amines) is 1. The van der Waals surface area contributed by atoms with E-state index in [0.29, 0.717) is 29.0 Å². The Labute approximate surface area is 250 Å². The molecule has 4 nitrogen and oxygen atoms in total. The second-order valence-corrected chi connectivity index (χ2v) is 11.9. The van der Waals surface area contributed by atoms with E-state index >= 15 is 0 Å². The summed E-state index contributed by atoms with van der Waals surface area (Å²) < 4.78 is 13.9. The first-order valence-corrected chi connectivity index (χ1v) is 15.7. The number of anilines is 2. The highest BCUT2D eigenvalue weighted by molar-refractivity contribution is 5.97. The van der Waals surface area contributed by atoms with Gasteiger partial charge >= 0.3 is 0 Å². The molecule has 2 fully saturated rings. The predicted molar refractivity (Wildman–Crippen MR) is 173 cm³/mol. The third kappa shape index (κ3) is 7.00. The SMILES string of the molecule is CC/C=C(/c1cc(C(=O)N2CCC(C(=Nc3ccccc3C)C(C)CC)CC2)ccc1Nc1cccc(F)c1)C1CC1. The number of aryl methyl sites for hydroxylation is 1. The van der Waals surface area contributed by atoms with E-state index in [9.17, 15) is 9.18 Å². The number of aliphatic imine (C=N–C) groups is 1. The summed E-state index contributed by atoms with van der Waals surface area (Å²) in [6, 6.07) is 20.8. The van der Waals surface area contributed by atoms with E-state index in [1.54, 1.807) is 6.07 Å². The van der Waals surface area contributed by atoms with Crippen molar-refractivity contribution < 1.29 is 9.18 Å².